The smallest absolute Gasteiger partial charge is 0.0357 e. The van der Waals surface area contributed by atoms with Crippen LogP contribution >= 0.6 is 0 Å². The van der Waals surface area contributed by atoms with Gasteiger partial charge < -0.3 is 5.43 Å². The van der Waals surface area contributed by atoms with Crippen LogP contribution in [0.15, 0.2) is 11.3 Å². The molecule has 0 aromatic rings. The third-order valence-corrected chi connectivity index (χ3v) is 2.12. The van der Waals surface area contributed by atoms with E-state index < -0.39 is 0 Å². The average Bonchev–Trinajstić information content (AvgIpc) is 2.19. The van der Waals surface area contributed by atoms with Crippen molar-refractivity contribution in [3.8, 4) is 0 Å². The standard InChI is InChI=1S/C7H14N2/c1-5-6(9-8-4)7(5,2)3/h8-9H,1-4H3. The molecule has 0 fully saturated rings. The van der Waals surface area contributed by atoms with Gasteiger partial charge in [0.1, 0.15) is 0 Å². The Kier molecular flexibility index (Phi) is 1.28. The lowest BCUT2D eigenvalue weighted by Gasteiger charge is -2.04. The molecule has 2 heteroatoms. The summed E-state index contributed by atoms with van der Waals surface area (Å²) < 4.78 is 0. The highest BCUT2D eigenvalue weighted by Gasteiger charge is 2.41. The highest BCUT2D eigenvalue weighted by molar-refractivity contribution is 5.43. The van der Waals surface area contributed by atoms with Crippen LogP contribution < -0.4 is 10.9 Å². The van der Waals surface area contributed by atoms with Crippen LogP contribution in [0.5, 0.6) is 0 Å². The zero-order valence-corrected chi connectivity index (χ0v) is 6.50. The Morgan fingerprint density at radius 3 is 1.89 bits per heavy atom. The van der Waals surface area contributed by atoms with Crippen LogP contribution in [0.4, 0.5) is 0 Å². The SMILES string of the molecule is CNNC1=C(C)C1(C)C. The van der Waals surface area contributed by atoms with Crippen LogP contribution in [0.1, 0.15) is 20.8 Å². The molecule has 1 rings (SSSR count). The van der Waals surface area contributed by atoms with Crippen LogP contribution in [-0.2, 0) is 0 Å². The summed E-state index contributed by atoms with van der Waals surface area (Å²) in [6, 6.07) is 0. The summed E-state index contributed by atoms with van der Waals surface area (Å²) in [5.74, 6) is 0. The molecule has 1 aliphatic rings. The van der Waals surface area contributed by atoms with Gasteiger partial charge >= 0.3 is 0 Å². The summed E-state index contributed by atoms with van der Waals surface area (Å²) in [6.45, 7) is 6.57. The lowest BCUT2D eigenvalue weighted by Crippen LogP contribution is -2.25. The Bertz CT molecular complexity index is 156. The molecule has 0 aliphatic heterocycles. The van der Waals surface area contributed by atoms with E-state index in [1.807, 2.05) is 7.05 Å². The molecule has 0 aromatic heterocycles. The largest absolute Gasteiger partial charge is 0.325 e. The van der Waals surface area contributed by atoms with Crippen molar-refractivity contribution < 1.29 is 0 Å². The van der Waals surface area contributed by atoms with E-state index in [9.17, 15) is 0 Å². The summed E-state index contributed by atoms with van der Waals surface area (Å²) in [4.78, 5) is 0. The molecule has 0 saturated carbocycles. The van der Waals surface area contributed by atoms with Crippen molar-refractivity contribution in [2.45, 2.75) is 20.8 Å². The first kappa shape index (κ1) is 6.62. The monoisotopic (exact) mass is 126 g/mol. The maximum Gasteiger partial charge on any atom is 0.0357 e. The van der Waals surface area contributed by atoms with Gasteiger partial charge in [-0.3, -0.25) is 0 Å². The molecule has 9 heavy (non-hydrogen) atoms. The maximum atomic E-state index is 3.09. The van der Waals surface area contributed by atoms with Gasteiger partial charge in [-0.05, 0) is 12.5 Å². The topological polar surface area (TPSA) is 24.1 Å². The van der Waals surface area contributed by atoms with Gasteiger partial charge in [0.25, 0.3) is 0 Å². The van der Waals surface area contributed by atoms with E-state index in [1.54, 1.807) is 0 Å². The number of rotatable bonds is 2. The Labute approximate surface area is 56.3 Å². The molecule has 0 unspecified atom stereocenters. The zero-order valence-electron chi connectivity index (χ0n) is 6.50. The maximum absolute atomic E-state index is 3.09. The van der Waals surface area contributed by atoms with Gasteiger partial charge in [-0.25, -0.2) is 5.43 Å². The van der Waals surface area contributed by atoms with Crippen molar-refractivity contribution in [1.29, 1.82) is 0 Å². The number of nitrogens with one attached hydrogen (secondary N) is 2. The van der Waals surface area contributed by atoms with Crippen molar-refractivity contribution in [2.75, 3.05) is 7.05 Å². The third kappa shape index (κ3) is 0.833. The Morgan fingerprint density at radius 1 is 1.33 bits per heavy atom. The van der Waals surface area contributed by atoms with Gasteiger partial charge in [-0.1, -0.05) is 13.8 Å². The van der Waals surface area contributed by atoms with E-state index in [4.69, 9.17) is 0 Å². The molecular weight excluding hydrogens is 112 g/mol. The van der Waals surface area contributed by atoms with Crippen molar-refractivity contribution in [3.05, 3.63) is 11.3 Å². The van der Waals surface area contributed by atoms with Crippen LogP contribution in [-0.4, -0.2) is 7.05 Å². The molecule has 2 N–H and O–H groups in total. The van der Waals surface area contributed by atoms with Gasteiger partial charge in [0.05, 0.1) is 0 Å². The van der Waals surface area contributed by atoms with Gasteiger partial charge in [0, 0.05) is 18.2 Å². The van der Waals surface area contributed by atoms with Crippen molar-refractivity contribution in [1.82, 2.24) is 10.9 Å². The minimum absolute atomic E-state index is 0.336. The molecule has 0 heterocycles. The van der Waals surface area contributed by atoms with E-state index in [0.717, 1.165) is 0 Å². The molecule has 2 nitrogen and oxygen atoms in total. The average molecular weight is 126 g/mol. The molecule has 0 amide bonds. The second-order valence-corrected chi connectivity index (χ2v) is 3.00. The molecular formula is C7H14N2. The van der Waals surface area contributed by atoms with Gasteiger partial charge in [-0.2, -0.15) is 0 Å². The highest BCUT2D eigenvalue weighted by Crippen LogP contribution is 2.48. The predicted molar refractivity (Wildman–Crippen MR) is 38.7 cm³/mol. The van der Waals surface area contributed by atoms with Crippen LogP contribution in [0.25, 0.3) is 0 Å². The van der Waals surface area contributed by atoms with E-state index in [-0.39, 0.29) is 0 Å². The molecule has 0 saturated heterocycles. The van der Waals surface area contributed by atoms with E-state index >= 15 is 0 Å². The third-order valence-electron chi connectivity index (χ3n) is 2.12. The first-order chi connectivity index (χ1) is 4.10. The Hall–Kier alpha value is -0.500. The number of hydrogen-bond acceptors (Lipinski definition) is 2. The van der Waals surface area contributed by atoms with Crippen molar-refractivity contribution >= 4 is 0 Å². The highest BCUT2D eigenvalue weighted by atomic mass is 15.4. The molecule has 0 radical (unpaired) electrons. The second-order valence-electron chi connectivity index (χ2n) is 3.00. The van der Waals surface area contributed by atoms with Crippen LogP contribution in [0.3, 0.4) is 0 Å². The summed E-state index contributed by atoms with van der Waals surface area (Å²) in [5.41, 5.74) is 9.13. The fraction of sp³-hybridized carbons (Fsp3) is 0.714. The minimum Gasteiger partial charge on any atom is -0.325 e. The fourth-order valence-electron chi connectivity index (χ4n) is 1.03. The first-order valence-electron chi connectivity index (χ1n) is 3.25. The number of hydrazine groups is 1. The molecule has 0 atom stereocenters. The van der Waals surface area contributed by atoms with Crippen molar-refractivity contribution in [2.24, 2.45) is 5.41 Å². The fourth-order valence-corrected chi connectivity index (χ4v) is 1.03. The Balaban J connectivity index is 2.47. The van der Waals surface area contributed by atoms with Gasteiger partial charge in [0.15, 0.2) is 0 Å². The minimum atomic E-state index is 0.336. The second kappa shape index (κ2) is 1.74. The first-order valence-corrected chi connectivity index (χ1v) is 3.25. The number of allylic oxidation sites excluding steroid dienone is 2. The molecule has 0 aromatic carbocycles. The van der Waals surface area contributed by atoms with E-state index in [0.29, 0.717) is 5.41 Å². The van der Waals surface area contributed by atoms with E-state index in [2.05, 4.69) is 31.6 Å². The van der Waals surface area contributed by atoms with Gasteiger partial charge in [0.2, 0.25) is 0 Å². The molecule has 52 valence electrons. The van der Waals surface area contributed by atoms with E-state index in [1.165, 1.54) is 11.3 Å². The predicted octanol–water partition coefficient (Wildman–Crippen LogP) is 1.02. The zero-order chi connectivity index (χ0) is 7.07. The number of hydrogen-bond donors (Lipinski definition) is 2. The molecule has 1 aliphatic carbocycles. The lowest BCUT2D eigenvalue weighted by atomic mass is 10.1. The summed E-state index contributed by atoms with van der Waals surface area (Å²) in [5, 5.41) is 0. The molecule has 0 spiro atoms. The normalized spacial score (nSPS) is 22.2. The summed E-state index contributed by atoms with van der Waals surface area (Å²) in [7, 11) is 1.88. The summed E-state index contributed by atoms with van der Waals surface area (Å²) in [6.07, 6.45) is 0. The van der Waals surface area contributed by atoms with Crippen molar-refractivity contribution in [3.63, 3.8) is 0 Å². The summed E-state index contributed by atoms with van der Waals surface area (Å²) >= 11 is 0. The quantitative estimate of drug-likeness (QED) is 0.540. The van der Waals surface area contributed by atoms with Crippen LogP contribution in [0.2, 0.25) is 0 Å². The lowest BCUT2D eigenvalue weighted by molar-refractivity contribution is 0.587. The Morgan fingerprint density at radius 2 is 1.78 bits per heavy atom. The molecule has 0 bridgehead atoms. The van der Waals surface area contributed by atoms with Crippen LogP contribution in [0, 0.1) is 5.41 Å². The van der Waals surface area contributed by atoms with Gasteiger partial charge in [-0.15, -0.1) is 0 Å².